The third kappa shape index (κ3) is 5.53. The summed E-state index contributed by atoms with van der Waals surface area (Å²) in [6, 6.07) is 0. The van der Waals surface area contributed by atoms with Crippen LogP contribution in [-0.2, 0) is 19.7 Å². The van der Waals surface area contributed by atoms with E-state index in [0.717, 1.165) is 0 Å². The van der Waals surface area contributed by atoms with Gasteiger partial charge in [-0.3, -0.25) is 0 Å². The van der Waals surface area contributed by atoms with Gasteiger partial charge in [-0.25, -0.2) is 25.6 Å². The number of halogens is 26. The van der Waals surface area contributed by atoms with Gasteiger partial charge in [0.1, 0.15) is 0 Å². The molecule has 0 radical (unpaired) electrons. The van der Waals surface area contributed by atoms with Gasteiger partial charge in [0.2, 0.25) is 19.7 Å². The Morgan fingerprint density at radius 2 is 0.480 bits per heavy atom. The van der Waals surface area contributed by atoms with Crippen LogP contribution in [0.25, 0.3) is 0 Å². The number of rotatable bonds is 16. The molecule has 0 aromatic heterocycles. The van der Waals surface area contributed by atoms with Gasteiger partial charge in [0.25, 0.3) is 0 Å². The average Bonchev–Trinajstić information content (AvgIpc) is 2.90. The van der Waals surface area contributed by atoms with Crippen LogP contribution in [-0.4, -0.2) is 103 Å². The molecule has 0 aliphatic heterocycles. The molecule has 0 aliphatic rings. The second-order valence-corrected chi connectivity index (χ2v) is 14.7. The van der Waals surface area contributed by atoms with Gasteiger partial charge in [-0.05, 0) is 20.8 Å². The van der Waals surface area contributed by atoms with E-state index in [1.54, 1.807) is 0 Å². The molecule has 0 heterocycles. The monoisotopic (exact) mass is 850 g/mol. The van der Waals surface area contributed by atoms with Gasteiger partial charge < -0.3 is 0 Å². The van der Waals surface area contributed by atoms with Crippen LogP contribution >= 0.6 is 0 Å². The Bertz CT molecular complexity index is 1370. The second kappa shape index (κ2) is 12.1. The van der Waals surface area contributed by atoms with Gasteiger partial charge >= 0.3 is 69.7 Å². The number of hydrogen-bond donors (Lipinski definition) is 0. The molecular weight excluding hydrogens is 838 g/mol. The maximum absolute atomic E-state index is 14.3. The Balaban J connectivity index is 7.56. The van der Waals surface area contributed by atoms with Crippen LogP contribution in [0.15, 0.2) is 0 Å². The van der Waals surface area contributed by atoms with Crippen LogP contribution in [0.3, 0.4) is 0 Å². The van der Waals surface area contributed by atoms with Crippen molar-refractivity contribution in [3.8, 4) is 0 Å². The summed E-state index contributed by atoms with van der Waals surface area (Å²) < 4.78 is 397. The van der Waals surface area contributed by atoms with Gasteiger partial charge in [-0.2, -0.15) is 105 Å². The summed E-state index contributed by atoms with van der Waals surface area (Å²) in [4.78, 5) is 0. The van der Waals surface area contributed by atoms with Crippen molar-refractivity contribution < 1.29 is 131 Å². The zero-order valence-electron chi connectivity index (χ0n) is 23.0. The second-order valence-electron chi connectivity index (χ2n) is 9.76. The summed E-state index contributed by atoms with van der Waals surface area (Å²) in [5, 5.41) is -17.6. The van der Waals surface area contributed by atoms with Crippen LogP contribution in [0.5, 0.6) is 0 Å². The molecule has 0 fully saturated rings. The van der Waals surface area contributed by atoms with Crippen molar-refractivity contribution in [1.29, 1.82) is 0 Å². The summed E-state index contributed by atoms with van der Waals surface area (Å²) in [6.45, 7) is -3.45. The van der Waals surface area contributed by atoms with E-state index >= 15 is 0 Å². The van der Waals surface area contributed by atoms with Gasteiger partial charge in [-0.15, -0.1) is 0 Å². The molecule has 50 heavy (non-hydrogen) atoms. The molecule has 0 saturated heterocycles. The van der Waals surface area contributed by atoms with Crippen LogP contribution in [0.2, 0.25) is 0 Å². The van der Waals surface area contributed by atoms with E-state index in [4.69, 9.17) is 0 Å². The summed E-state index contributed by atoms with van der Waals surface area (Å²) in [6.07, 6.45) is -9.61. The maximum Gasteiger partial charge on any atom is 0.414 e. The van der Waals surface area contributed by atoms with Crippen LogP contribution in [0, 0.1) is 0 Å². The first-order valence-corrected chi connectivity index (χ1v) is 14.4. The molecule has 4 nitrogen and oxygen atoms in total. The highest BCUT2D eigenvalue weighted by Gasteiger charge is 2.95. The minimum Gasteiger partial charge on any atom is -0.241 e. The van der Waals surface area contributed by atoms with Crippen molar-refractivity contribution in [3.05, 3.63) is 0 Å². The molecule has 32 heteroatoms. The van der Waals surface area contributed by atoms with E-state index in [1.807, 2.05) is 0 Å². The Morgan fingerprint density at radius 1 is 0.320 bits per heavy atom. The maximum atomic E-state index is 14.3. The molecule has 0 amide bonds. The zero-order valence-corrected chi connectivity index (χ0v) is 24.6. The molecule has 0 aromatic carbocycles. The first-order chi connectivity index (χ1) is 21.0. The topological polar surface area (TPSA) is 68.3 Å². The lowest BCUT2D eigenvalue weighted by molar-refractivity contribution is -0.421. The molecule has 0 spiro atoms. The molecule has 0 saturated carbocycles. The van der Waals surface area contributed by atoms with Crippen molar-refractivity contribution in [2.24, 2.45) is 0 Å². The molecule has 302 valence electrons. The van der Waals surface area contributed by atoms with Crippen LogP contribution in [0.4, 0.5) is 114 Å². The van der Waals surface area contributed by atoms with E-state index in [-0.39, 0.29) is 0 Å². The molecule has 0 N–H and O–H groups in total. The first-order valence-electron chi connectivity index (χ1n) is 11.3. The molecular formula is C18H12F26O4S2. The lowest BCUT2D eigenvalue weighted by Crippen LogP contribution is -2.74. The largest absolute Gasteiger partial charge is 0.414 e. The van der Waals surface area contributed by atoms with Gasteiger partial charge in [0.15, 0.2) is 16.9 Å². The minimum atomic E-state index is -9.24. The summed E-state index contributed by atoms with van der Waals surface area (Å²) in [7, 11) is -18.5. The quantitative estimate of drug-likeness (QED) is 0.147. The summed E-state index contributed by atoms with van der Waals surface area (Å²) in [5.41, 5.74) is 0. The lowest BCUT2D eigenvalue weighted by Gasteiger charge is -2.42. The Labute approximate surface area is 258 Å². The van der Waals surface area contributed by atoms with Crippen molar-refractivity contribution in [1.82, 2.24) is 0 Å². The van der Waals surface area contributed by atoms with Crippen LogP contribution in [0.1, 0.15) is 20.8 Å². The Kier molecular flexibility index (Phi) is 11.6. The summed E-state index contributed by atoms with van der Waals surface area (Å²) in [5.74, 6) is -85.3. The van der Waals surface area contributed by atoms with Gasteiger partial charge in [0.05, 0.1) is 0 Å². The number of hydrogen-bond acceptors (Lipinski definition) is 4. The summed E-state index contributed by atoms with van der Waals surface area (Å²) >= 11 is 0. The predicted octanol–water partition coefficient (Wildman–Crippen LogP) is 8.42. The Morgan fingerprint density at radius 3 is 0.640 bits per heavy atom. The van der Waals surface area contributed by atoms with Crippen molar-refractivity contribution in [2.75, 3.05) is 0 Å². The molecule has 2 atom stereocenters. The molecule has 0 aliphatic carbocycles. The normalized spacial score (nSPS) is 18.6. The SMILES string of the molecule is CC(F)C(F)(F)C(F)(F)C(F)(F)C(F)(F)C(F)(F)C(F)(F)S(=O)(=O)C(C)S(=O)(=O)C(F)(F)C(F)(F)C(F)(F)C(F)(F)C(F)(F)C(F)(F)C(C)F. The smallest absolute Gasteiger partial charge is 0.241 e. The van der Waals surface area contributed by atoms with Crippen molar-refractivity contribution in [2.45, 2.75) is 107 Å². The lowest BCUT2D eigenvalue weighted by atomic mass is 9.92. The van der Waals surface area contributed by atoms with E-state index < -0.39 is 127 Å². The standard InChI is InChI=1S/C18H12F26O4S2/c1-4(19)7(21,22)9(25,26)11(29,30)13(33,34)15(37,38)17(41,42)49(45,46)6(3)50(47,48)18(43,44)16(39,40)14(35,36)12(31,32)10(27,28)8(23,24)5(2)20/h4-6H,1-3H3. The number of sulfone groups is 2. The van der Waals surface area contributed by atoms with E-state index in [2.05, 4.69) is 0 Å². The molecule has 0 aromatic rings. The van der Waals surface area contributed by atoms with Crippen LogP contribution < -0.4 is 0 Å². The minimum absolute atomic E-state index is 0.879. The number of alkyl halides is 26. The van der Waals surface area contributed by atoms with Crippen molar-refractivity contribution >= 4 is 19.7 Å². The van der Waals surface area contributed by atoms with E-state index in [1.165, 1.54) is 0 Å². The highest BCUT2D eigenvalue weighted by molar-refractivity contribution is 8.10. The van der Waals surface area contributed by atoms with Crippen molar-refractivity contribution in [3.63, 3.8) is 0 Å². The van der Waals surface area contributed by atoms with Gasteiger partial charge in [-0.1, -0.05) is 0 Å². The molecule has 0 rings (SSSR count). The van der Waals surface area contributed by atoms with E-state index in [9.17, 15) is 131 Å². The highest BCUT2D eigenvalue weighted by Crippen LogP contribution is 2.64. The predicted molar refractivity (Wildman–Crippen MR) is 108 cm³/mol. The fourth-order valence-electron chi connectivity index (χ4n) is 3.01. The van der Waals surface area contributed by atoms with E-state index in [0.29, 0.717) is 0 Å². The third-order valence-corrected chi connectivity index (χ3v) is 11.7. The zero-order chi connectivity index (χ0) is 41.7. The third-order valence-electron chi connectivity index (χ3n) is 6.52. The fourth-order valence-corrected chi connectivity index (χ4v) is 6.88. The van der Waals surface area contributed by atoms with Gasteiger partial charge in [0, 0.05) is 0 Å². The Hall–Kier alpha value is -1.92. The fraction of sp³-hybridized carbons (Fsp3) is 1.00. The average molecular weight is 850 g/mol. The first kappa shape index (κ1) is 48.1. The highest BCUT2D eigenvalue weighted by atomic mass is 32.3. The molecule has 0 bridgehead atoms. The molecule has 2 unspecified atom stereocenters.